The van der Waals surface area contributed by atoms with Crippen LogP contribution in [-0.4, -0.2) is 4.98 Å². The number of pyridine rings is 1. The third-order valence-electron chi connectivity index (χ3n) is 2.73. The minimum absolute atomic E-state index is 0.733. The van der Waals surface area contributed by atoms with Crippen LogP contribution in [0.25, 0.3) is 0 Å². The van der Waals surface area contributed by atoms with E-state index in [1.54, 1.807) is 0 Å². The normalized spacial score (nSPS) is 10.4. The van der Waals surface area contributed by atoms with Crippen molar-refractivity contribution in [2.75, 3.05) is 5.32 Å². The van der Waals surface area contributed by atoms with Crippen molar-refractivity contribution >= 4 is 37.5 Å². The predicted octanol–water partition coefficient (Wildman–Crippen LogP) is 4.84. The van der Waals surface area contributed by atoms with E-state index in [9.17, 15) is 0 Å². The van der Waals surface area contributed by atoms with Gasteiger partial charge in [0.05, 0.1) is 12.2 Å². The van der Waals surface area contributed by atoms with Crippen LogP contribution in [0, 0.1) is 13.8 Å². The van der Waals surface area contributed by atoms with E-state index < -0.39 is 0 Å². The molecule has 0 bridgehead atoms. The fourth-order valence-corrected chi connectivity index (χ4v) is 2.80. The smallest absolute Gasteiger partial charge is 0.0595 e. The summed E-state index contributed by atoms with van der Waals surface area (Å²) >= 11 is 6.89. The molecule has 0 aliphatic rings. The quantitative estimate of drug-likeness (QED) is 0.837. The molecule has 2 rings (SSSR count). The van der Waals surface area contributed by atoms with Gasteiger partial charge in [-0.3, -0.25) is 4.98 Å². The third-order valence-corrected chi connectivity index (χ3v) is 3.66. The molecular formula is C14H14Br2N2. The molecule has 0 aliphatic heterocycles. The van der Waals surface area contributed by atoms with Crippen LogP contribution in [-0.2, 0) is 6.54 Å². The fraction of sp³-hybridized carbons (Fsp3) is 0.214. The van der Waals surface area contributed by atoms with Crippen molar-refractivity contribution in [1.29, 1.82) is 0 Å². The van der Waals surface area contributed by atoms with Crippen LogP contribution in [0.4, 0.5) is 5.69 Å². The van der Waals surface area contributed by atoms with Gasteiger partial charge in [-0.2, -0.15) is 0 Å². The Morgan fingerprint density at radius 1 is 1.06 bits per heavy atom. The van der Waals surface area contributed by atoms with E-state index in [2.05, 4.69) is 68.1 Å². The summed E-state index contributed by atoms with van der Waals surface area (Å²) in [6.07, 6.45) is 1.82. The van der Waals surface area contributed by atoms with Gasteiger partial charge in [-0.15, -0.1) is 0 Å². The van der Waals surface area contributed by atoms with E-state index in [1.807, 2.05) is 18.3 Å². The highest BCUT2D eigenvalue weighted by Crippen LogP contribution is 2.25. The average Bonchev–Trinajstić information content (AvgIpc) is 2.30. The molecule has 2 aromatic rings. The zero-order valence-electron chi connectivity index (χ0n) is 10.3. The maximum Gasteiger partial charge on any atom is 0.0595 e. The van der Waals surface area contributed by atoms with Crippen LogP contribution in [0.5, 0.6) is 0 Å². The van der Waals surface area contributed by atoms with Crippen molar-refractivity contribution < 1.29 is 0 Å². The summed E-state index contributed by atoms with van der Waals surface area (Å²) in [5.74, 6) is 0. The van der Waals surface area contributed by atoms with Crippen molar-refractivity contribution in [3.8, 4) is 0 Å². The van der Waals surface area contributed by atoms with E-state index in [-0.39, 0.29) is 0 Å². The van der Waals surface area contributed by atoms with Crippen LogP contribution in [0.15, 0.2) is 39.4 Å². The zero-order chi connectivity index (χ0) is 13.1. The van der Waals surface area contributed by atoms with Gasteiger partial charge in [-0.05, 0) is 65.2 Å². The predicted molar refractivity (Wildman–Crippen MR) is 82.9 cm³/mol. The van der Waals surface area contributed by atoms with Crippen molar-refractivity contribution in [2.45, 2.75) is 20.4 Å². The molecule has 0 aliphatic carbocycles. The minimum Gasteiger partial charge on any atom is -0.379 e. The van der Waals surface area contributed by atoms with Gasteiger partial charge in [0.1, 0.15) is 0 Å². The maximum atomic E-state index is 4.35. The number of aryl methyl sites for hydroxylation is 2. The van der Waals surface area contributed by atoms with Gasteiger partial charge in [0.25, 0.3) is 0 Å². The Kier molecular flexibility index (Phi) is 4.40. The van der Waals surface area contributed by atoms with Gasteiger partial charge >= 0.3 is 0 Å². The molecule has 1 heterocycles. The Hall–Kier alpha value is -0.870. The highest BCUT2D eigenvalue weighted by molar-refractivity contribution is 9.10. The summed E-state index contributed by atoms with van der Waals surface area (Å²) in [5, 5.41) is 3.45. The molecule has 0 amide bonds. The molecule has 1 aromatic heterocycles. The third kappa shape index (κ3) is 3.33. The molecule has 94 valence electrons. The Labute approximate surface area is 124 Å². The van der Waals surface area contributed by atoms with E-state index in [0.717, 1.165) is 21.2 Å². The van der Waals surface area contributed by atoms with Crippen molar-refractivity contribution in [3.63, 3.8) is 0 Å². The Balaban J connectivity index is 2.13. The lowest BCUT2D eigenvalue weighted by molar-refractivity contribution is 1.03. The molecule has 0 radical (unpaired) electrons. The van der Waals surface area contributed by atoms with Crippen LogP contribution < -0.4 is 5.32 Å². The average molecular weight is 370 g/mol. The molecule has 2 nitrogen and oxygen atoms in total. The molecule has 1 N–H and O–H groups in total. The first-order chi connectivity index (χ1) is 8.56. The van der Waals surface area contributed by atoms with E-state index in [0.29, 0.717) is 0 Å². The number of anilines is 1. The first kappa shape index (κ1) is 13.6. The molecule has 0 saturated heterocycles. The van der Waals surface area contributed by atoms with Crippen LogP contribution in [0.2, 0.25) is 0 Å². The largest absolute Gasteiger partial charge is 0.379 e. The minimum atomic E-state index is 0.733. The number of hydrogen-bond acceptors (Lipinski definition) is 2. The number of benzene rings is 1. The second kappa shape index (κ2) is 5.85. The molecule has 0 saturated carbocycles. The molecule has 4 heteroatoms. The van der Waals surface area contributed by atoms with Crippen molar-refractivity contribution in [1.82, 2.24) is 4.98 Å². The summed E-state index contributed by atoms with van der Waals surface area (Å²) in [5.41, 5.74) is 4.68. The number of nitrogens with zero attached hydrogens (tertiary/aromatic N) is 1. The standard InChI is InChI=1S/C14H14Br2N2/c1-9-5-12(16)6-10(2)14(9)18-8-13-4-3-11(15)7-17-13/h3-7,18H,8H2,1-2H3. The first-order valence-corrected chi connectivity index (χ1v) is 7.26. The molecule has 0 unspecified atom stereocenters. The van der Waals surface area contributed by atoms with Gasteiger partial charge < -0.3 is 5.32 Å². The van der Waals surface area contributed by atoms with Crippen LogP contribution in [0.1, 0.15) is 16.8 Å². The van der Waals surface area contributed by atoms with Gasteiger partial charge in [0.2, 0.25) is 0 Å². The molecule has 0 spiro atoms. The highest BCUT2D eigenvalue weighted by Gasteiger charge is 2.04. The number of hydrogen-bond donors (Lipinski definition) is 1. The van der Waals surface area contributed by atoms with Crippen LogP contribution in [0.3, 0.4) is 0 Å². The first-order valence-electron chi connectivity index (χ1n) is 5.67. The van der Waals surface area contributed by atoms with E-state index in [4.69, 9.17) is 0 Å². The SMILES string of the molecule is Cc1cc(Br)cc(C)c1NCc1ccc(Br)cn1. The summed E-state index contributed by atoms with van der Waals surface area (Å²) in [4.78, 5) is 4.35. The lowest BCUT2D eigenvalue weighted by atomic mass is 10.1. The van der Waals surface area contributed by atoms with Gasteiger partial charge in [0.15, 0.2) is 0 Å². The molecular weight excluding hydrogens is 356 g/mol. The second-order valence-electron chi connectivity index (χ2n) is 4.24. The Bertz CT molecular complexity index is 527. The maximum absolute atomic E-state index is 4.35. The Morgan fingerprint density at radius 3 is 2.28 bits per heavy atom. The van der Waals surface area contributed by atoms with Gasteiger partial charge in [-0.25, -0.2) is 0 Å². The molecule has 0 atom stereocenters. The summed E-state index contributed by atoms with van der Waals surface area (Å²) in [6.45, 7) is 4.95. The van der Waals surface area contributed by atoms with Crippen molar-refractivity contribution in [2.24, 2.45) is 0 Å². The van der Waals surface area contributed by atoms with E-state index >= 15 is 0 Å². The summed E-state index contributed by atoms with van der Waals surface area (Å²) in [7, 11) is 0. The Morgan fingerprint density at radius 2 is 1.72 bits per heavy atom. The topological polar surface area (TPSA) is 24.9 Å². The molecule has 1 aromatic carbocycles. The highest BCUT2D eigenvalue weighted by atomic mass is 79.9. The monoisotopic (exact) mass is 368 g/mol. The number of aromatic nitrogens is 1. The van der Waals surface area contributed by atoms with Gasteiger partial charge in [0, 0.05) is 20.8 Å². The fourth-order valence-electron chi connectivity index (χ4n) is 1.88. The molecule has 0 fully saturated rings. The van der Waals surface area contributed by atoms with Crippen molar-refractivity contribution in [3.05, 3.63) is 56.2 Å². The number of rotatable bonds is 3. The lowest BCUT2D eigenvalue weighted by Crippen LogP contribution is -2.04. The lowest BCUT2D eigenvalue weighted by Gasteiger charge is -2.13. The van der Waals surface area contributed by atoms with Crippen LogP contribution >= 0.6 is 31.9 Å². The summed E-state index contributed by atoms with van der Waals surface area (Å²) in [6, 6.07) is 8.25. The summed E-state index contributed by atoms with van der Waals surface area (Å²) < 4.78 is 2.12. The molecule has 18 heavy (non-hydrogen) atoms. The van der Waals surface area contributed by atoms with E-state index in [1.165, 1.54) is 16.8 Å². The van der Waals surface area contributed by atoms with Gasteiger partial charge in [-0.1, -0.05) is 15.9 Å². The number of nitrogens with one attached hydrogen (secondary N) is 1. The second-order valence-corrected chi connectivity index (χ2v) is 6.07. The zero-order valence-corrected chi connectivity index (χ0v) is 13.5. The number of halogens is 2.